The maximum Gasteiger partial charge on any atom is 0.472 e. The second kappa shape index (κ2) is 77.4. The molecule has 2 atom stereocenters. The number of ether oxygens (including phenoxy) is 2. The molecule has 93 heavy (non-hydrogen) atoms. The van der Waals surface area contributed by atoms with Crippen molar-refractivity contribution in [2.24, 2.45) is 5.73 Å². The third-order valence-corrected chi connectivity index (χ3v) is 17.8. The molecule has 0 aliphatic rings. The number of phosphoric acid groups is 1. The third-order valence-electron chi connectivity index (χ3n) is 16.8. The lowest BCUT2D eigenvalue weighted by molar-refractivity contribution is -0.161. The van der Waals surface area contributed by atoms with E-state index < -0.39 is 26.5 Å². The molecule has 2 unspecified atom stereocenters. The van der Waals surface area contributed by atoms with Crippen LogP contribution in [-0.4, -0.2) is 49.3 Å². The van der Waals surface area contributed by atoms with E-state index in [1.165, 1.54) is 231 Å². The van der Waals surface area contributed by atoms with Gasteiger partial charge >= 0.3 is 19.8 Å². The second-order valence-corrected chi connectivity index (χ2v) is 27.3. The Morgan fingerprint density at radius 3 is 0.828 bits per heavy atom. The number of hydrogen-bond donors (Lipinski definition) is 2. The molecular formula is C83H146NO8P. The van der Waals surface area contributed by atoms with Gasteiger partial charge in [0.25, 0.3) is 0 Å². The van der Waals surface area contributed by atoms with Crippen LogP contribution in [0.3, 0.4) is 0 Å². The Labute approximate surface area is 574 Å². The van der Waals surface area contributed by atoms with E-state index in [9.17, 15) is 19.0 Å². The summed E-state index contributed by atoms with van der Waals surface area (Å²) in [5, 5.41) is 0. The van der Waals surface area contributed by atoms with Crippen molar-refractivity contribution in [2.45, 2.75) is 367 Å². The molecule has 0 amide bonds. The first kappa shape index (κ1) is 89.4. The van der Waals surface area contributed by atoms with Crippen LogP contribution in [0.5, 0.6) is 0 Å². The molecule has 536 valence electrons. The number of nitrogens with two attached hydrogens (primary N) is 1. The molecule has 9 nitrogen and oxygen atoms in total. The maximum atomic E-state index is 12.8. The van der Waals surface area contributed by atoms with Crippen LogP contribution in [0.15, 0.2) is 122 Å². The summed E-state index contributed by atoms with van der Waals surface area (Å²) >= 11 is 0. The maximum absolute atomic E-state index is 12.8. The summed E-state index contributed by atoms with van der Waals surface area (Å²) < 4.78 is 33.3. The molecule has 0 fully saturated rings. The van der Waals surface area contributed by atoms with Crippen molar-refractivity contribution in [2.75, 3.05) is 26.4 Å². The Hall–Kier alpha value is -3.59. The number of rotatable bonds is 73. The molecule has 0 rings (SSSR count). The number of esters is 2. The van der Waals surface area contributed by atoms with Crippen molar-refractivity contribution < 1.29 is 37.6 Å². The van der Waals surface area contributed by atoms with Crippen molar-refractivity contribution in [1.29, 1.82) is 0 Å². The molecule has 10 heteroatoms. The van der Waals surface area contributed by atoms with Gasteiger partial charge in [0.2, 0.25) is 0 Å². The van der Waals surface area contributed by atoms with Gasteiger partial charge in [-0.15, -0.1) is 0 Å². The summed E-state index contributed by atoms with van der Waals surface area (Å²) in [6.07, 6.45) is 109. The van der Waals surface area contributed by atoms with Gasteiger partial charge in [-0.1, -0.05) is 367 Å². The smallest absolute Gasteiger partial charge is 0.462 e. The molecule has 0 aliphatic carbocycles. The third kappa shape index (κ3) is 77.3. The van der Waals surface area contributed by atoms with Gasteiger partial charge in [-0.3, -0.25) is 18.6 Å². The van der Waals surface area contributed by atoms with Gasteiger partial charge in [0.15, 0.2) is 6.10 Å². The molecule has 0 saturated heterocycles. The number of unbranched alkanes of at least 4 members (excludes halogenated alkanes) is 40. The first-order valence-electron chi connectivity index (χ1n) is 39.0. The highest BCUT2D eigenvalue weighted by Gasteiger charge is 2.26. The van der Waals surface area contributed by atoms with E-state index in [4.69, 9.17) is 24.3 Å². The molecule has 0 saturated carbocycles. The lowest BCUT2D eigenvalue weighted by atomic mass is 10.0. The van der Waals surface area contributed by atoms with Gasteiger partial charge in [0, 0.05) is 19.4 Å². The van der Waals surface area contributed by atoms with Crippen LogP contribution in [0.1, 0.15) is 361 Å². The minimum Gasteiger partial charge on any atom is -0.462 e. The molecular weight excluding hydrogens is 1170 g/mol. The fourth-order valence-electron chi connectivity index (χ4n) is 11.2. The molecule has 0 aliphatic heterocycles. The highest BCUT2D eigenvalue weighted by atomic mass is 31.2. The zero-order valence-electron chi connectivity index (χ0n) is 60.5. The molecule has 0 aromatic rings. The number of carbonyl (C=O) groups excluding carboxylic acids is 2. The zero-order chi connectivity index (χ0) is 67.2. The SMILES string of the molecule is CC/C=C\C/C=C\C/C=C\C/C=C\C/C=C\CCCCCCCCCCCCCCCCCCCCCCCCCC(=O)OC(COC(=O)CCCCCCCCCCCCCCCCCCC/C=C\C/C=C\C/C=C\C/C=C\C/C=C\CC)COP(=O)(O)OCCN. The predicted molar refractivity (Wildman–Crippen MR) is 404 cm³/mol. The van der Waals surface area contributed by atoms with Crippen molar-refractivity contribution in [3.05, 3.63) is 122 Å². The van der Waals surface area contributed by atoms with Crippen LogP contribution in [0.4, 0.5) is 0 Å². The van der Waals surface area contributed by atoms with Crippen LogP contribution in [0, 0.1) is 0 Å². The average Bonchev–Trinajstić information content (AvgIpc) is 3.60. The Morgan fingerprint density at radius 2 is 0.559 bits per heavy atom. The minimum atomic E-state index is -4.40. The highest BCUT2D eigenvalue weighted by Crippen LogP contribution is 2.43. The van der Waals surface area contributed by atoms with E-state index in [0.29, 0.717) is 6.42 Å². The number of hydrogen-bond acceptors (Lipinski definition) is 8. The van der Waals surface area contributed by atoms with Crippen molar-refractivity contribution in [3.63, 3.8) is 0 Å². The quantitative estimate of drug-likeness (QED) is 0.0264. The molecule has 0 heterocycles. The normalized spacial score (nSPS) is 13.5. The fraction of sp³-hybridized carbons (Fsp3) is 0.735. The number of allylic oxidation sites excluding steroid dienone is 20. The Bertz CT molecular complexity index is 1950. The van der Waals surface area contributed by atoms with Crippen molar-refractivity contribution in [3.8, 4) is 0 Å². The van der Waals surface area contributed by atoms with Crippen molar-refractivity contribution in [1.82, 2.24) is 0 Å². The van der Waals surface area contributed by atoms with Gasteiger partial charge in [-0.2, -0.15) is 0 Å². The van der Waals surface area contributed by atoms with E-state index in [-0.39, 0.29) is 38.6 Å². The summed E-state index contributed by atoms with van der Waals surface area (Å²) in [5.41, 5.74) is 5.41. The molecule has 0 bridgehead atoms. The van der Waals surface area contributed by atoms with Gasteiger partial charge in [-0.05, 0) is 103 Å². The molecule has 0 radical (unpaired) electrons. The fourth-order valence-corrected chi connectivity index (χ4v) is 11.9. The topological polar surface area (TPSA) is 134 Å². The summed E-state index contributed by atoms with van der Waals surface area (Å²) in [6.45, 7) is 3.56. The predicted octanol–water partition coefficient (Wildman–Crippen LogP) is 26.2. The Balaban J connectivity index is 3.80. The van der Waals surface area contributed by atoms with Gasteiger partial charge in [-0.25, -0.2) is 4.57 Å². The average molecular weight is 1320 g/mol. The summed E-state index contributed by atoms with van der Waals surface area (Å²) in [7, 11) is -4.40. The van der Waals surface area contributed by atoms with Crippen LogP contribution < -0.4 is 5.73 Å². The van der Waals surface area contributed by atoms with E-state index in [1.54, 1.807) is 0 Å². The molecule has 0 aromatic carbocycles. The largest absolute Gasteiger partial charge is 0.472 e. The van der Waals surface area contributed by atoms with Gasteiger partial charge < -0.3 is 20.1 Å². The number of phosphoric ester groups is 1. The van der Waals surface area contributed by atoms with Gasteiger partial charge in [0.1, 0.15) is 6.61 Å². The van der Waals surface area contributed by atoms with Crippen LogP contribution >= 0.6 is 7.82 Å². The monoisotopic (exact) mass is 1320 g/mol. The van der Waals surface area contributed by atoms with Crippen LogP contribution in [0.2, 0.25) is 0 Å². The first-order valence-corrected chi connectivity index (χ1v) is 40.5. The number of carbonyl (C=O) groups is 2. The summed E-state index contributed by atoms with van der Waals surface area (Å²) in [6, 6.07) is 0. The zero-order valence-corrected chi connectivity index (χ0v) is 61.4. The minimum absolute atomic E-state index is 0.0521. The van der Waals surface area contributed by atoms with Crippen LogP contribution in [0.25, 0.3) is 0 Å². The first-order chi connectivity index (χ1) is 45.8. The van der Waals surface area contributed by atoms with E-state index in [2.05, 4.69) is 135 Å². The second-order valence-electron chi connectivity index (χ2n) is 25.8. The van der Waals surface area contributed by atoms with Crippen LogP contribution in [-0.2, 0) is 32.7 Å². The summed E-state index contributed by atoms with van der Waals surface area (Å²) in [4.78, 5) is 35.5. The van der Waals surface area contributed by atoms with E-state index in [0.717, 1.165) is 96.3 Å². The Morgan fingerprint density at radius 1 is 0.323 bits per heavy atom. The van der Waals surface area contributed by atoms with Gasteiger partial charge in [0.05, 0.1) is 13.2 Å². The standard InChI is InChI=1S/C83H146NO8P/c1-3-5-7-9-11-13-15-17-19-21-23-25-27-29-31-33-35-37-38-39-40-41-42-44-46-48-50-52-54-56-58-60-62-64-66-68-70-72-74-76-83(86)92-81(80-91-93(87,88)90-78-77-84)79-89-82(85)75-73-71-69-67-65-63-61-59-57-55-53-51-49-47-45-43-36-34-32-30-28-26-24-22-20-18-16-14-12-10-8-6-4-2/h5-8,11-14,17-20,23-26,29-32,81H,3-4,9-10,15-16,21-22,27-28,33-80,84H2,1-2H3,(H,87,88)/b7-5-,8-6-,13-11-,14-12-,19-17-,20-18-,25-23-,26-24-,31-29-,32-30-. The molecule has 3 N–H and O–H groups in total. The Kier molecular flexibility index (Phi) is 74.4. The van der Waals surface area contributed by atoms with Crippen molar-refractivity contribution >= 4 is 19.8 Å². The molecule has 0 spiro atoms. The highest BCUT2D eigenvalue weighted by molar-refractivity contribution is 7.47. The lowest BCUT2D eigenvalue weighted by Gasteiger charge is -2.19. The molecule has 0 aromatic heterocycles. The summed E-state index contributed by atoms with van der Waals surface area (Å²) in [5.74, 6) is -0.813. The van der Waals surface area contributed by atoms with E-state index >= 15 is 0 Å². The van der Waals surface area contributed by atoms with E-state index in [1.807, 2.05) is 0 Å². The lowest BCUT2D eigenvalue weighted by Crippen LogP contribution is -2.29.